The molecule has 2 aromatic carbocycles. The highest BCUT2D eigenvalue weighted by Gasteiger charge is 2.01. The molecular formula is C13H8ClFN2. The van der Waals surface area contributed by atoms with E-state index in [0.717, 1.165) is 5.69 Å². The monoisotopic (exact) mass is 246 g/mol. The average Bonchev–Trinajstić information content (AvgIpc) is 2.35. The summed E-state index contributed by atoms with van der Waals surface area (Å²) in [5.41, 5.74) is 1.97. The third-order valence-corrected chi connectivity index (χ3v) is 2.53. The van der Waals surface area contributed by atoms with Crippen molar-refractivity contribution in [2.24, 2.45) is 0 Å². The zero-order valence-corrected chi connectivity index (χ0v) is 9.50. The molecule has 0 spiro atoms. The molecule has 2 rings (SSSR count). The summed E-state index contributed by atoms with van der Waals surface area (Å²) in [5, 5.41) is 11.8. The van der Waals surface area contributed by atoms with Crippen molar-refractivity contribution < 1.29 is 4.39 Å². The van der Waals surface area contributed by atoms with E-state index in [1.807, 2.05) is 6.07 Å². The summed E-state index contributed by atoms with van der Waals surface area (Å²) < 4.78 is 13.2. The van der Waals surface area contributed by atoms with E-state index in [4.69, 9.17) is 16.9 Å². The summed E-state index contributed by atoms with van der Waals surface area (Å²) in [6.45, 7) is 0. The van der Waals surface area contributed by atoms with Gasteiger partial charge in [-0.05, 0) is 42.5 Å². The van der Waals surface area contributed by atoms with Crippen molar-refractivity contribution >= 4 is 23.0 Å². The van der Waals surface area contributed by atoms with Crippen LogP contribution in [0.3, 0.4) is 0 Å². The summed E-state index contributed by atoms with van der Waals surface area (Å²) in [6.07, 6.45) is 0. The van der Waals surface area contributed by atoms with Crippen LogP contribution in [0.5, 0.6) is 0 Å². The fourth-order valence-electron chi connectivity index (χ4n) is 1.37. The zero-order valence-electron chi connectivity index (χ0n) is 8.74. The van der Waals surface area contributed by atoms with Crippen LogP contribution >= 0.6 is 11.6 Å². The summed E-state index contributed by atoms with van der Waals surface area (Å²) in [7, 11) is 0. The largest absolute Gasteiger partial charge is 0.355 e. The molecule has 0 radical (unpaired) electrons. The number of nitrogens with zero attached hydrogens (tertiary/aromatic N) is 1. The molecular weight excluding hydrogens is 239 g/mol. The van der Waals surface area contributed by atoms with Gasteiger partial charge >= 0.3 is 0 Å². The van der Waals surface area contributed by atoms with Crippen molar-refractivity contribution in [1.82, 2.24) is 0 Å². The summed E-state index contributed by atoms with van der Waals surface area (Å²) in [5.74, 6) is -0.467. The van der Waals surface area contributed by atoms with Crippen LogP contribution in [0.15, 0.2) is 42.5 Å². The van der Waals surface area contributed by atoms with E-state index in [1.165, 1.54) is 12.1 Å². The Balaban J connectivity index is 2.20. The Hall–Kier alpha value is -2.05. The quantitative estimate of drug-likeness (QED) is 0.866. The number of halogens is 2. The summed E-state index contributed by atoms with van der Waals surface area (Å²) in [4.78, 5) is 0. The minimum Gasteiger partial charge on any atom is -0.355 e. The van der Waals surface area contributed by atoms with Gasteiger partial charge in [0.2, 0.25) is 0 Å². The maximum Gasteiger partial charge on any atom is 0.143 e. The maximum absolute atomic E-state index is 13.2. The molecule has 0 aliphatic rings. The van der Waals surface area contributed by atoms with Gasteiger partial charge in [-0.15, -0.1) is 0 Å². The van der Waals surface area contributed by atoms with Crippen LogP contribution in [0.4, 0.5) is 15.8 Å². The van der Waals surface area contributed by atoms with Crippen LogP contribution in [-0.4, -0.2) is 0 Å². The van der Waals surface area contributed by atoms with Gasteiger partial charge in [-0.1, -0.05) is 11.6 Å². The molecule has 2 aromatic rings. The van der Waals surface area contributed by atoms with Crippen LogP contribution in [0, 0.1) is 17.1 Å². The molecule has 0 aliphatic carbocycles. The topological polar surface area (TPSA) is 35.8 Å². The van der Waals surface area contributed by atoms with E-state index in [0.29, 0.717) is 11.3 Å². The molecule has 0 aromatic heterocycles. The first kappa shape index (κ1) is 11.4. The van der Waals surface area contributed by atoms with E-state index in [2.05, 4.69) is 5.32 Å². The van der Waals surface area contributed by atoms with Gasteiger partial charge in [-0.2, -0.15) is 5.26 Å². The van der Waals surface area contributed by atoms with Crippen molar-refractivity contribution in [2.75, 3.05) is 5.32 Å². The van der Waals surface area contributed by atoms with Gasteiger partial charge in [0, 0.05) is 11.4 Å². The standard InChI is InChI=1S/C13H8ClFN2/c14-12-6-5-11(7-13(12)15)17-10-3-1-9(8-16)2-4-10/h1-7,17H. The lowest BCUT2D eigenvalue weighted by Gasteiger charge is -2.06. The van der Waals surface area contributed by atoms with E-state index in [1.54, 1.807) is 30.3 Å². The first-order chi connectivity index (χ1) is 8.19. The Morgan fingerprint density at radius 3 is 2.29 bits per heavy atom. The fourth-order valence-corrected chi connectivity index (χ4v) is 1.49. The highest BCUT2D eigenvalue weighted by molar-refractivity contribution is 6.30. The molecule has 0 heterocycles. The lowest BCUT2D eigenvalue weighted by atomic mass is 10.2. The molecule has 0 saturated carbocycles. The highest BCUT2D eigenvalue weighted by Crippen LogP contribution is 2.22. The van der Waals surface area contributed by atoms with Gasteiger partial charge in [0.05, 0.1) is 16.7 Å². The smallest absolute Gasteiger partial charge is 0.143 e. The minimum atomic E-state index is -0.467. The Kier molecular flexibility index (Phi) is 3.27. The molecule has 0 saturated heterocycles. The van der Waals surface area contributed by atoms with E-state index in [-0.39, 0.29) is 5.02 Å². The second-order valence-electron chi connectivity index (χ2n) is 3.44. The number of rotatable bonds is 2. The van der Waals surface area contributed by atoms with Crippen LogP contribution in [-0.2, 0) is 0 Å². The second-order valence-corrected chi connectivity index (χ2v) is 3.85. The summed E-state index contributed by atoms with van der Waals surface area (Å²) >= 11 is 5.58. The van der Waals surface area contributed by atoms with Crippen LogP contribution in [0.25, 0.3) is 0 Å². The Morgan fingerprint density at radius 1 is 1.06 bits per heavy atom. The van der Waals surface area contributed by atoms with Gasteiger partial charge in [-0.25, -0.2) is 4.39 Å². The molecule has 17 heavy (non-hydrogen) atoms. The average molecular weight is 247 g/mol. The highest BCUT2D eigenvalue weighted by atomic mass is 35.5. The number of anilines is 2. The molecule has 0 aliphatic heterocycles. The molecule has 1 N–H and O–H groups in total. The minimum absolute atomic E-state index is 0.0929. The van der Waals surface area contributed by atoms with Crippen LogP contribution < -0.4 is 5.32 Å². The maximum atomic E-state index is 13.2. The van der Waals surface area contributed by atoms with E-state index < -0.39 is 5.82 Å². The zero-order chi connectivity index (χ0) is 12.3. The van der Waals surface area contributed by atoms with Crippen LogP contribution in [0.2, 0.25) is 5.02 Å². The van der Waals surface area contributed by atoms with Crippen molar-refractivity contribution in [3.05, 3.63) is 58.9 Å². The lowest BCUT2D eigenvalue weighted by molar-refractivity contribution is 0.629. The molecule has 0 amide bonds. The third-order valence-electron chi connectivity index (χ3n) is 2.22. The normalized spacial score (nSPS) is 9.71. The van der Waals surface area contributed by atoms with Gasteiger partial charge in [0.15, 0.2) is 0 Å². The molecule has 0 atom stereocenters. The van der Waals surface area contributed by atoms with E-state index in [9.17, 15) is 4.39 Å². The van der Waals surface area contributed by atoms with Crippen molar-refractivity contribution in [3.8, 4) is 6.07 Å². The van der Waals surface area contributed by atoms with Crippen molar-refractivity contribution in [2.45, 2.75) is 0 Å². The number of hydrogen-bond acceptors (Lipinski definition) is 2. The van der Waals surface area contributed by atoms with Crippen molar-refractivity contribution in [1.29, 1.82) is 5.26 Å². The SMILES string of the molecule is N#Cc1ccc(Nc2ccc(Cl)c(F)c2)cc1. The Bertz CT molecular complexity index is 573. The predicted octanol–water partition coefficient (Wildman–Crippen LogP) is 4.09. The Morgan fingerprint density at radius 2 is 1.71 bits per heavy atom. The van der Waals surface area contributed by atoms with Gasteiger partial charge in [0.25, 0.3) is 0 Å². The molecule has 0 unspecified atom stereocenters. The molecule has 0 fully saturated rings. The fraction of sp³-hybridized carbons (Fsp3) is 0. The number of hydrogen-bond donors (Lipinski definition) is 1. The van der Waals surface area contributed by atoms with Crippen molar-refractivity contribution in [3.63, 3.8) is 0 Å². The van der Waals surface area contributed by atoms with Crippen LogP contribution in [0.1, 0.15) is 5.56 Å². The molecule has 4 heteroatoms. The molecule has 0 bridgehead atoms. The summed E-state index contributed by atoms with van der Waals surface area (Å²) in [6, 6.07) is 13.4. The molecule has 84 valence electrons. The number of nitriles is 1. The van der Waals surface area contributed by atoms with E-state index >= 15 is 0 Å². The first-order valence-electron chi connectivity index (χ1n) is 4.91. The second kappa shape index (κ2) is 4.86. The van der Waals surface area contributed by atoms with Gasteiger partial charge in [0.1, 0.15) is 5.82 Å². The van der Waals surface area contributed by atoms with Gasteiger partial charge < -0.3 is 5.32 Å². The first-order valence-corrected chi connectivity index (χ1v) is 5.29. The third kappa shape index (κ3) is 2.74. The van der Waals surface area contributed by atoms with Gasteiger partial charge in [-0.3, -0.25) is 0 Å². The number of nitrogens with one attached hydrogen (secondary N) is 1. The number of benzene rings is 2. The molecule has 2 nitrogen and oxygen atoms in total. The predicted molar refractivity (Wildman–Crippen MR) is 65.8 cm³/mol. The lowest BCUT2D eigenvalue weighted by Crippen LogP contribution is -1.91. The Labute approximate surface area is 103 Å².